The molecule has 18 heavy (non-hydrogen) atoms. The van der Waals surface area contributed by atoms with Crippen LogP contribution in [0.1, 0.15) is 13.3 Å². The van der Waals surface area contributed by atoms with Gasteiger partial charge in [0, 0.05) is 18.8 Å². The third-order valence-corrected chi connectivity index (χ3v) is 3.34. The normalized spacial score (nSPS) is 25.4. The van der Waals surface area contributed by atoms with Gasteiger partial charge >= 0.3 is 11.9 Å². The van der Waals surface area contributed by atoms with Crippen molar-refractivity contribution in [1.82, 2.24) is 0 Å². The summed E-state index contributed by atoms with van der Waals surface area (Å²) < 4.78 is 15.0. The van der Waals surface area contributed by atoms with Crippen molar-refractivity contribution in [2.75, 3.05) is 20.3 Å². The van der Waals surface area contributed by atoms with Gasteiger partial charge in [-0.3, -0.25) is 4.79 Å². The molecule has 0 bridgehead atoms. The number of ether oxygens (including phenoxy) is 3. The first-order valence-corrected chi connectivity index (χ1v) is 5.85. The molecule has 0 radical (unpaired) electrons. The smallest absolute Gasteiger partial charge is 0.337 e. The minimum Gasteiger partial charge on any atom is -0.500 e. The molecular weight excluding hydrogens is 236 g/mol. The number of methoxy groups -OCH3 is 1. The van der Waals surface area contributed by atoms with E-state index in [0.717, 1.165) is 12.0 Å². The fourth-order valence-electron chi connectivity index (χ4n) is 2.42. The van der Waals surface area contributed by atoms with Crippen LogP contribution in [0.5, 0.6) is 0 Å². The molecule has 0 aromatic rings. The van der Waals surface area contributed by atoms with E-state index in [1.54, 1.807) is 0 Å². The van der Waals surface area contributed by atoms with E-state index in [1.165, 1.54) is 20.3 Å². The topological polar surface area (TPSA) is 61.8 Å². The molecule has 0 aromatic heterocycles. The first-order chi connectivity index (χ1) is 8.63. The lowest BCUT2D eigenvalue weighted by Gasteiger charge is -2.27. The number of rotatable bonds is 3. The number of allylic oxidation sites excluding steroid dienone is 1. The molecule has 0 amide bonds. The molecule has 0 unspecified atom stereocenters. The van der Waals surface area contributed by atoms with Gasteiger partial charge in [-0.15, -0.1) is 0 Å². The molecule has 2 rings (SSSR count). The van der Waals surface area contributed by atoms with E-state index in [0.29, 0.717) is 12.2 Å². The maximum absolute atomic E-state index is 11.6. The summed E-state index contributed by atoms with van der Waals surface area (Å²) in [5, 5.41) is 0. The summed E-state index contributed by atoms with van der Waals surface area (Å²) in [4.78, 5) is 22.4. The number of hydrogen-bond acceptors (Lipinski definition) is 5. The lowest BCUT2D eigenvalue weighted by Crippen LogP contribution is -2.28. The third-order valence-electron chi connectivity index (χ3n) is 3.34. The van der Waals surface area contributed by atoms with Gasteiger partial charge in [0.2, 0.25) is 0 Å². The molecule has 2 aliphatic rings. The van der Waals surface area contributed by atoms with Gasteiger partial charge in [-0.2, -0.15) is 0 Å². The Balaban J connectivity index is 2.05. The van der Waals surface area contributed by atoms with E-state index >= 15 is 0 Å². The van der Waals surface area contributed by atoms with Crippen LogP contribution in [0, 0.1) is 11.8 Å². The van der Waals surface area contributed by atoms with E-state index in [4.69, 9.17) is 14.2 Å². The highest BCUT2D eigenvalue weighted by Gasteiger charge is 2.38. The molecule has 1 heterocycles. The molecule has 0 aromatic carbocycles. The van der Waals surface area contributed by atoms with Gasteiger partial charge in [-0.1, -0.05) is 6.08 Å². The SMILES string of the molecule is COC(=O)C1=COC[C@@H]2C(COC(C)=O)=CC[C@H]12. The summed E-state index contributed by atoms with van der Waals surface area (Å²) in [7, 11) is 1.36. The predicted molar refractivity (Wildman–Crippen MR) is 62.4 cm³/mol. The summed E-state index contributed by atoms with van der Waals surface area (Å²) in [6, 6.07) is 0. The number of esters is 2. The molecule has 1 aliphatic carbocycles. The Morgan fingerprint density at radius 3 is 2.89 bits per heavy atom. The minimum absolute atomic E-state index is 0.0803. The Morgan fingerprint density at radius 2 is 2.22 bits per heavy atom. The number of hydrogen-bond donors (Lipinski definition) is 0. The maximum atomic E-state index is 11.6. The van der Waals surface area contributed by atoms with Crippen molar-refractivity contribution < 1.29 is 23.8 Å². The molecule has 5 heteroatoms. The second-order valence-corrected chi connectivity index (χ2v) is 4.41. The largest absolute Gasteiger partial charge is 0.500 e. The van der Waals surface area contributed by atoms with E-state index in [-0.39, 0.29) is 30.4 Å². The summed E-state index contributed by atoms with van der Waals surface area (Å²) in [6.07, 6.45) is 4.25. The second-order valence-electron chi connectivity index (χ2n) is 4.41. The fourth-order valence-corrected chi connectivity index (χ4v) is 2.42. The average molecular weight is 252 g/mol. The summed E-state index contributed by atoms with van der Waals surface area (Å²) in [5.74, 6) is -0.480. The van der Waals surface area contributed by atoms with Crippen molar-refractivity contribution in [2.45, 2.75) is 13.3 Å². The van der Waals surface area contributed by atoms with Crippen LogP contribution in [0.15, 0.2) is 23.5 Å². The number of carbonyl (C=O) groups is 2. The van der Waals surface area contributed by atoms with Crippen LogP contribution in [0.25, 0.3) is 0 Å². The van der Waals surface area contributed by atoms with E-state index in [2.05, 4.69) is 0 Å². The van der Waals surface area contributed by atoms with E-state index < -0.39 is 0 Å². The van der Waals surface area contributed by atoms with Crippen LogP contribution in [0.4, 0.5) is 0 Å². The zero-order valence-corrected chi connectivity index (χ0v) is 10.5. The monoisotopic (exact) mass is 252 g/mol. The van der Waals surface area contributed by atoms with Crippen molar-refractivity contribution in [2.24, 2.45) is 11.8 Å². The van der Waals surface area contributed by atoms with Crippen LogP contribution in [-0.4, -0.2) is 32.3 Å². The van der Waals surface area contributed by atoms with Crippen LogP contribution in [0.3, 0.4) is 0 Å². The second kappa shape index (κ2) is 5.25. The fraction of sp³-hybridized carbons (Fsp3) is 0.538. The predicted octanol–water partition coefficient (Wildman–Crippen LogP) is 1.20. The Labute approximate surface area is 105 Å². The molecule has 0 spiro atoms. The van der Waals surface area contributed by atoms with E-state index in [1.807, 2.05) is 6.08 Å². The van der Waals surface area contributed by atoms with Crippen molar-refractivity contribution in [3.05, 3.63) is 23.5 Å². The van der Waals surface area contributed by atoms with Crippen LogP contribution in [0.2, 0.25) is 0 Å². The van der Waals surface area contributed by atoms with Gasteiger partial charge in [-0.05, 0) is 12.0 Å². The lowest BCUT2D eigenvalue weighted by atomic mass is 9.85. The highest BCUT2D eigenvalue weighted by molar-refractivity contribution is 5.89. The highest BCUT2D eigenvalue weighted by Crippen LogP contribution is 2.40. The summed E-state index contributed by atoms with van der Waals surface area (Å²) in [6.45, 7) is 2.16. The van der Waals surface area contributed by atoms with Gasteiger partial charge < -0.3 is 14.2 Å². The van der Waals surface area contributed by atoms with Crippen molar-refractivity contribution in [3.63, 3.8) is 0 Å². The summed E-state index contributed by atoms with van der Waals surface area (Å²) in [5.41, 5.74) is 1.58. The van der Waals surface area contributed by atoms with Crippen LogP contribution in [-0.2, 0) is 23.8 Å². The molecule has 98 valence electrons. The Bertz CT molecular complexity index is 421. The zero-order valence-electron chi connectivity index (χ0n) is 10.5. The van der Waals surface area contributed by atoms with E-state index in [9.17, 15) is 9.59 Å². The Morgan fingerprint density at radius 1 is 1.44 bits per heavy atom. The lowest BCUT2D eigenvalue weighted by molar-refractivity contribution is -0.140. The Hall–Kier alpha value is -1.78. The van der Waals surface area contributed by atoms with Gasteiger partial charge in [0.1, 0.15) is 6.61 Å². The molecular formula is C13H16O5. The van der Waals surface area contributed by atoms with Crippen LogP contribution >= 0.6 is 0 Å². The zero-order chi connectivity index (χ0) is 13.1. The van der Waals surface area contributed by atoms with Crippen molar-refractivity contribution in [3.8, 4) is 0 Å². The van der Waals surface area contributed by atoms with Gasteiger partial charge in [-0.25, -0.2) is 4.79 Å². The molecule has 0 saturated heterocycles. The molecule has 1 aliphatic heterocycles. The number of fused-ring (bicyclic) bond motifs is 1. The first-order valence-electron chi connectivity index (χ1n) is 5.85. The first kappa shape index (κ1) is 12.7. The molecule has 0 N–H and O–H groups in total. The average Bonchev–Trinajstić information content (AvgIpc) is 2.78. The standard InChI is InChI=1S/C13H16O5/c1-8(14)18-5-9-3-4-10-11(9)6-17-7-12(10)13(15)16-2/h3,7,10-11H,4-6H2,1-2H3/t10-,11+/m0/s1. The third kappa shape index (κ3) is 2.39. The quantitative estimate of drug-likeness (QED) is 0.558. The minimum atomic E-state index is -0.355. The molecule has 0 saturated carbocycles. The van der Waals surface area contributed by atoms with Crippen molar-refractivity contribution in [1.29, 1.82) is 0 Å². The van der Waals surface area contributed by atoms with Gasteiger partial charge in [0.05, 0.1) is 25.6 Å². The van der Waals surface area contributed by atoms with Gasteiger partial charge in [0.15, 0.2) is 0 Å². The Kier molecular flexibility index (Phi) is 3.69. The van der Waals surface area contributed by atoms with Gasteiger partial charge in [0.25, 0.3) is 0 Å². The maximum Gasteiger partial charge on any atom is 0.337 e. The van der Waals surface area contributed by atoms with Crippen molar-refractivity contribution >= 4 is 11.9 Å². The summed E-state index contributed by atoms with van der Waals surface area (Å²) >= 11 is 0. The number of carbonyl (C=O) groups excluding carboxylic acids is 2. The van der Waals surface area contributed by atoms with Crippen LogP contribution < -0.4 is 0 Å². The highest BCUT2D eigenvalue weighted by atomic mass is 16.5. The molecule has 5 nitrogen and oxygen atoms in total. The molecule has 0 fully saturated rings. The molecule has 2 atom stereocenters.